The summed E-state index contributed by atoms with van der Waals surface area (Å²) in [5.74, 6) is 0.131. The van der Waals surface area contributed by atoms with Crippen molar-refractivity contribution < 1.29 is 23.2 Å². The van der Waals surface area contributed by atoms with Gasteiger partial charge < -0.3 is 24.6 Å². The van der Waals surface area contributed by atoms with Crippen LogP contribution in [-0.4, -0.2) is 30.5 Å². The number of fused-ring (bicyclic) bond motifs is 1. The number of nitrogens with two attached hydrogens (primary N) is 1. The van der Waals surface area contributed by atoms with E-state index in [0.717, 1.165) is 23.0 Å². The fourth-order valence-electron chi connectivity index (χ4n) is 4.04. The molecule has 4 heterocycles. The quantitative estimate of drug-likeness (QED) is 0.211. The number of imidazole rings is 1. The summed E-state index contributed by atoms with van der Waals surface area (Å²) >= 11 is 12.7. The lowest BCUT2D eigenvalue weighted by Gasteiger charge is -2.15. The van der Waals surface area contributed by atoms with Crippen LogP contribution in [0.15, 0.2) is 82.4 Å². The SMILES string of the molecule is Cn1c(Nc2cc(C(F)(F)F)cn(Cc3ccccc3)c2=O)nc2ncc(O/C(C=N)=C3/[NH2+]C=CN=C3Cl)c(Cl)c21. The van der Waals surface area contributed by atoms with Crippen molar-refractivity contribution in [1.82, 2.24) is 19.1 Å². The molecule has 0 spiro atoms. The lowest BCUT2D eigenvalue weighted by molar-refractivity contribution is -0.528. The summed E-state index contributed by atoms with van der Waals surface area (Å²) in [6, 6.07) is 9.38. The van der Waals surface area contributed by atoms with Gasteiger partial charge in [-0.15, -0.1) is 0 Å². The van der Waals surface area contributed by atoms with E-state index in [2.05, 4.69) is 20.3 Å². The minimum absolute atomic E-state index is 0.0146. The van der Waals surface area contributed by atoms with Crippen LogP contribution >= 0.6 is 23.2 Å². The Morgan fingerprint density at radius 2 is 2.00 bits per heavy atom. The number of aryl methyl sites for hydroxylation is 1. The summed E-state index contributed by atoms with van der Waals surface area (Å²) in [6.45, 7) is -0.0678. The van der Waals surface area contributed by atoms with E-state index in [1.807, 2.05) is 0 Å². The van der Waals surface area contributed by atoms with E-state index in [9.17, 15) is 18.0 Å². The largest absolute Gasteiger partial charge is 0.446 e. The molecule has 41 heavy (non-hydrogen) atoms. The van der Waals surface area contributed by atoms with E-state index < -0.39 is 17.3 Å². The molecule has 1 aliphatic heterocycles. The van der Waals surface area contributed by atoms with Gasteiger partial charge in [-0.05, 0) is 11.6 Å². The number of hydrogen-bond donors (Lipinski definition) is 3. The maximum Gasteiger partial charge on any atom is 0.417 e. The summed E-state index contributed by atoms with van der Waals surface area (Å²) in [7, 11) is 1.55. The van der Waals surface area contributed by atoms with E-state index in [-0.39, 0.29) is 51.0 Å². The van der Waals surface area contributed by atoms with Crippen molar-refractivity contribution in [2.75, 3.05) is 5.32 Å². The van der Waals surface area contributed by atoms with Gasteiger partial charge in [-0.3, -0.25) is 10.1 Å². The van der Waals surface area contributed by atoms with Crippen LogP contribution in [0.2, 0.25) is 5.02 Å². The number of hydrogen-bond acceptors (Lipinski definition) is 7. The lowest BCUT2D eigenvalue weighted by Crippen LogP contribution is -2.78. The first-order valence-corrected chi connectivity index (χ1v) is 12.6. The number of allylic oxidation sites excluding steroid dienone is 2. The van der Waals surface area contributed by atoms with Gasteiger partial charge in [-0.1, -0.05) is 53.5 Å². The molecule has 0 amide bonds. The number of aliphatic imine (C=N–C) groups is 1. The molecule has 0 bridgehead atoms. The Bertz CT molecular complexity index is 1810. The second-order valence-corrected chi connectivity index (χ2v) is 9.48. The van der Waals surface area contributed by atoms with Crippen LogP contribution in [0.3, 0.4) is 0 Å². The summed E-state index contributed by atoms with van der Waals surface area (Å²) in [5, 5.41) is 12.2. The maximum absolute atomic E-state index is 13.7. The Morgan fingerprint density at radius 1 is 1.24 bits per heavy atom. The minimum Gasteiger partial charge on any atom is -0.446 e. The zero-order valence-electron chi connectivity index (χ0n) is 21.1. The van der Waals surface area contributed by atoms with Gasteiger partial charge in [-0.2, -0.15) is 18.2 Å². The molecule has 0 saturated heterocycles. The second-order valence-electron chi connectivity index (χ2n) is 8.74. The molecule has 10 nitrogen and oxygen atoms in total. The minimum atomic E-state index is -4.70. The van der Waals surface area contributed by atoms with Crippen LogP contribution in [0, 0.1) is 5.41 Å². The molecular weight excluding hydrogens is 584 g/mol. The number of pyridine rings is 2. The molecule has 0 unspecified atom stereocenters. The van der Waals surface area contributed by atoms with Gasteiger partial charge in [-0.25, -0.2) is 9.98 Å². The van der Waals surface area contributed by atoms with Crippen molar-refractivity contribution in [3.63, 3.8) is 0 Å². The Balaban J connectivity index is 1.53. The van der Waals surface area contributed by atoms with Crippen molar-refractivity contribution in [2.24, 2.45) is 12.0 Å². The average Bonchev–Trinajstić information content (AvgIpc) is 3.26. The van der Waals surface area contributed by atoms with Crippen molar-refractivity contribution in [3.05, 3.63) is 99.2 Å². The number of benzene rings is 1. The molecule has 15 heteroatoms. The van der Waals surface area contributed by atoms with E-state index in [4.69, 9.17) is 33.3 Å². The van der Waals surface area contributed by atoms with Gasteiger partial charge in [0.25, 0.3) is 5.56 Å². The number of quaternary nitrogens is 1. The van der Waals surface area contributed by atoms with Gasteiger partial charge >= 0.3 is 6.18 Å². The third kappa shape index (κ3) is 5.73. The van der Waals surface area contributed by atoms with Crippen molar-refractivity contribution in [3.8, 4) is 5.75 Å². The third-order valence-electron chi connectivity index (χ3n) is 6.04. The number of ether oxygens (including phenoxy) is 1. The highest BCUT2D eigenvalue weighted by Crippen LogP contribution is 2.35. The molecule has 1 aliphatic rings. The first kappa shape index (κ1) is 28.1. The number of anilines is 2. The number of aromatic nitrogens is 4. The Labute approximate surface area is 239 Å². The highest BCUT2D eigenvalue weighted by atomic mass is 35.5. The monoisotopic (exact) mass is 603 g/mol. The number of rotatable bonds is 7. The molecule has 0 fully saturated rings. The molecule has 5 rings (SSSR count). The Morgan fingerprint density at radius 3 is 2.68 bits per heavy atom. The lowest BCUT2D eigenvalue weighted by atomic mass is 10.2. The highest BCUT2D eigenvalue weighted by Gasteiger charge is 2.32. The summed E-state index contributed by atoms with van der Waals surface area (Å²) in [6.07, 6.45) is 1.41. The molecule has 3 aromatic heterocycles. The molecule has 0 atom stereocenters. The number of alkyl halides is 3. The van der Waals surface area contributed by atoms with E-state index in [1.54, 1.807) is 48.9 Å². The first-order valence-electron chi connectivity index (χ1n) is 11.9. The van der Waals surface area contributed by atoms with Gasteiger partial charge in [0, 0.05) is 13.2 Å². The van der Waals surface area contributed by atoms with Gasteiger partial charge in [0.2, 0.25) is 17.4 Å². The van der Waals surface area contributed by atoms with Crippen LogP contribution < -0.4 is 20.9 Å². The van der Waals surface area contributed by atoms with Crippen LogP contribution in [0.25, 0.3) is 11.2 Å². The molecule has 1 aromatic carbocycles. The summed E-state index contributed by atoms with van der Waals surface area (Å²) < 4.78 is 49.5. The Kier molecular flexibility index (Phi) is 7.67. The van der Waals surface area contributed by atoms with Crippen molar-refractivity contribution in [1.29, 1.82) is 5.41 Å². The van der Waals surface area contributed by atoms with Crippen LogP contribution in [0.1, 0.15) is 11.1 Å². The van der Waals surface area contributed by atoms with Crippen LogP contribution in [0.5, 0.6) is 5.75 Å². The number of nitrogens with zero attached hydrogens (tertiary/aromatic N) is 5. The van der Waals surface area contributed by atoms with Crippen molar-refractivity contribution in [2.45, 2.75) is 12.7 Å². The first-order chi connectivity index (χ1) is 19.6. The zero-order valence-corrected chi connectivity index (χ0v) is 22.6. The van der Waals surface area contributed by atoms with E-state index in [0.29, 0.717) is 11.3 Å². The van der Waals surface area contributed by atoms with E-state index >= 15 is 0 Å². The highest BCUT2D eigenvalue weighted by molar-refractivity contribution is 6.69. The van der Waals surface area contributed by atoms with Crippen LogP contribution in [0.4, 0.5) is 24.8 Å². The molecule has 210 valence electrons. The maximum atomic E-state index is 13.7. The summed E-state index contributed by atoms with van der Waals surface area (Å²) in [5.41, 5.74) is -0.624. The molecule has 0 radical (unpaired) electrons. The molecular formula is C26H20Cl2F3N8O2+. The third-order valence-corrected chi connectivity index (χ3v) is 6.70. The molecule has 4 N–H and O–H groups in total. The van der Waals surface area contributed by atoms with Gasteiger partial charge in [0.1, 0.15) is 22.4 Å². The van der Waals surface area contributed by atoms with Gasteiger partial charge in [0.15, 0.2) is 16.6 Å². The fraction of sp³-hybridized carbons (Fsp3) is 0.115. The standard InChI is InChI=1S/C26H19Cl2F3N8O2/c1-38-21-19(27)18(41-17(10-32)20-22(28)34-8-7-33-20)11-35-23(21)37-25(38)36-16-9-15(26(29,30)31)13-39(24(16)40)12-14-5-3-2-4-6-14/h2-11,13,32-33H,12H2,1H3,(H,35,36,37)/p+1/b20-17+,32-10?. The predicted octanol–water partition coefficient (Wildman–Crippen LogP) is 4.52. The Hall–Kier alpha value is -4.46. The van der Waals surface area contributed by atoms with Crippen molar-refractivity contribution >= 4 is 57.4 Å². The zero-order chi connectivity index (χ0) is 29.3. The van der Waals surface area contributed by atoms with Crippen LogP contribution in [-0.2, 0) is 19.8 Å². The topological polar surface area (TPSA) is 127 Å². The predicted molar refractivity (Wildman–Crippen MR) is 149 cm³/mol. The summed E-state index contributed by atoms with van der Waals surface area (Å²) in [4.78, 5) is 25.7. The normalized spacial score (nSPS) is 14.6. The average molecular weight is 604 g/mol. The van der Waals surface area contributed by atoms with Gasteiger partial charge in [0.05, 0.1) is 30.7 Å². The molecule has 4 aromatic rings. The molecule has 0 saturated carbocycles. The fourth-order valence-corrected chi connectivity index (χ4v) is 4.56. The number of nitrogens with one attached hydrogen (secondary N) is 2. The van der Waals surface area contributed by atoms with E-state index in [1.165, 1.54) is 17.0 Å². The second kappa shape index (κ2) is 11.2. The smallest absolute Gasteiger partial charge is 0.417 e. The molecule has 0 aliphatic carbocycles. The number of halogens is 5.